The van der Waals surface area contributed by atoms with E-state index in [1.807, 2.05) is 7.11 Å². The molecular formula is C14H30N2O. The van der Waals surface area contributed by atoms with Gasteiger partial charge in [-0.2, -0.15) is 0 Å². The standard InChI is InChI=1S/C14H30N2O/c1-5-13(11-15-10-12(2)3)16-8-6-14(17-4)7-9-16/h12-15H,5-11H2,1-4H3. The van der Waals surface area contributed by atoms with E-state index >= 15 is 0 Å². The summed E-state index contributed by atoms with van der Waals surface area (Å²) in [4.78, 5) is 2.63. The highest BCUT2D eigenvalue weighted by atomic mass is 16.5. The van der Waals surface area contributed by atoms with Gasteiger partial charge in [0.05, 0.1) is 6.10 Å². The summed E-state index contributed by atoms with van der Waals surface area (Å²) in [5.74, 6) is 0.742. The Labute approximate surface area is 107 Å². The summed E-state index contributed by atoms with van der Waals surface area (Å²) >= 11 is 0. The fourth-order valence-corrected chi connectivity index (χ4v) is 2.55. The predicted octanol–water partition coefficient (Wildman–Crippen LogP) is 2.12. The molecule has 1 saturated heterocycles. The van der Waals surface area contributed by atoms with E-state index in [1.54, 1.807) is 0 Å². The summed E-state index contributed by atoms with van der Waals surface area (Å²) < 4.78 is 5.42. The monoisotopic (exact) mass is 242 g/mol. The molecule has 0 radical (unpaired) electrons. The average Bonchev–Trinajstić information content (AvgIpc) is 2.34. The Morgan fingerprint density at radius 1 is 1.24 bits per heavy atom. The van der Waals surface area contributed by atoms with E-state index in [2.05, 4.69) is 31.0 Å². The van der Waals surface area contributed by atoms with Crippen molar-refractivity contribution in [3.05, 3.63) is 0 Å². The molecule has 0 aromatic carbocycles. The van der Waals surface area contributed by atoms with Gasteiger partial charge in [0.2, 0.25) is 0 Å². The molecule has 1 atom stereocenters. The molecule has 1 aliphatic rings. The summed E-state index contributed by atoms with van der Waals surface area (Å²) in [5, 5.41) is 3.59. The van der Waals surface area contributed by atoms with Crippen LogP contribution in [0.3, 0.4) is 0 Å². The number of hydrogen-bond donors (Lipinski definition) is 1. The van der Waals surface area contributed by atoms with Crippen molar-refractivity contribution in [3.63, 3.8) is 0 Å². The topological polar surface area (TPSA) is 24.5 Å². The Kier molecular flexibility index (Phi) is 7.09. The fourth-order valence-electron chi connectivity index (χ4n) is 2.55. The lowest BCUT2D eigenvalue weighted by atomic mass is 10.0. The first-order valence-corrected chi connectivity index (χ1v) is 7.14. The Balaban J connectivity index is 2.25. The van der Waals surface area contributed by atoms with Crippen molar-refractivity contribution in [2.75, 3.05) is 33.3 Å². The lowest BCUT2D eigenvalue weighted by Crippen LogP contribution is -2.47. The van der Waals surface area contributed by atoms with E-state index in [9.17, 15) is 0 Å². The van der Waals surface area contributed by atoms with Gasteiger partial charge in [-0.3, -0.25) is 4.90 Å². The first-order chi connectivity index (χ1) is 8.17. The molecule has 1 rings (SSSR count). The number of ether oxygens (including phenoxy) is 1. The van der Waals surface area contributed by atoms with Crippen LogP contribution in [0.15, 0.2) is 0 Å². The highest BCUT2D eigenvalue weighted by Crippen LogP contribution is 2.16. The molecule has 0 amide bonds. The van der Waals surface area contributed by atoms with Gasteiger partial charge < -0.3 is 10.1 Å². The van der Waals surface area contributed by atoms with Gasteiger partial charge in [-0.05, 0) is 31.7 Å². The average molecular weight is 242 g/mol. The molecule has 0 aliphatic carbocycles. The van der Waals surface area contributed by atoms with Gasteiger partial charge in [0.1, 0.15) is 0 Å². The summed E-state index contributed by atoms with van der Waals surface area (Å²) in [7, 11) is 1.84. The second-order valence-corrected chi connectivity index (χ2v) is 5.59. The molecule has 0 saturated carbocycles. The molecule has 1 N–H and O–H groups in total. The Hall–Kier alpha value is -0.120. The highest BCUT2D eigenvalue weighted by Gasteiger charge is 2.23. The van der Waals surface area contributed by atoms with E-state index < -0.39 is 0 Å². The van der Waals surface area contributed by atoms with Crippen LogP contribution in [0, 0.1) is 5.92 Å². The number of rotatable bonds is 7. The normalized spacial score (nSPS) is 21.0. The van der Waals surface area contributed by atoms with Crippen LogP contribution in [0.2, 0.25) is 0 Å². The van der Waals surface area contributed by atoms with E-state index in [1.165, 1.54) is 32.4 Å². The molecule has 0 aromatic heterocycles. The quantitative estimate of drug-likeness (QED) is 0.740. The predicted molar refractivity (Wildman–Crippen MR) is 73.4 cm³/mol. The summed E-state index contributed by atoms with van der Waals surface area (Å²) in [6.07, 6.45) is 4.12. The zero-order valence-corrected chi connectivity index (χ0v) is 12.0. The van der Waals surface area contributed by atoms with Gasteiger partial charge in [0.15, 0.2) is 0 Å². The fraction of sp³-hybridized carbons (Fsp3) is 1.00. The third-order valence-corrected chi connectivity index (χ3v) is 3.73. The maximum Gasteiger partial charge on any atom is 0.0595 e. The molecule has 1 unspecified atom stereocenters. The molecule has 17 heavy (non-hydrogen) atoms. The first kappa shape index (κ1) is 14.9. The van der Waals surface area contributed by atoms with Gasteiger partial charge in [0, 0.05) is 32.8 Å². The van der Waals surface area contributed by atoms with Gasteiger partial charge in [-0.15, -0.1) is 0 Å². The third kappa shape index (κ3) is 5.36. The van der Waals surface area contributed by atoms with Crippen LogP contribution in [-0.2, 0) is 4.74 Å². The smallest absolute Gasteiger partial charge is 0.0595 e. The van der Waals surface area contributed by atoms with Crippen molar-refractivity contribution >= 4 is 0 Å². The number of likely N-dealkylation sites (tertiary alicyclic amines) is 1. The second kappa shape index (κ2) is 8.06. The van der Waals surface area contributed by atoms with Crippen LogP contribution >= 0.6 is 0 Å². The molecule has 1 aliphatic heterocycles. The summed E-state index contributed by atoms with van der Waals surface area (Å²) in [6.45, 7) is 11.5. The summed E-state index contributed by atoms with van der Waals surface area (Å²) in [6, 6.07) is 0.701. The van der Waals surface area contributed by atoms with Crippen molar-refractivity contribution in [2.24, 2.45) is 5.92 Å². The van der Waals surface area contributed by atoms with Crippen LogP contribution in [-0.4, -0.2) is 50.3 Å². The maximum atomic E-state index is 5.42. The molecule has 0 aromatic rings. The molecule has 3 nitrogen and oxygen atoms in total. The van der Waals surface area contributed by atoms with Crippen molar-refractivity contribution < 1.29 is 4.74 Å². The first-order valence-electron chi connectivity index (χ1n) is 7.14. The van der Waals surface area contributed by atoms with Gasteiger partial charge in [-0.1, -0.05) is 20.8 Å². The minimum absolute atomic E-state index is 0.493. The molecule has 0 spiro atoms. The minimum atomic E-state index is 0.493. The lowest BCUT2D eigenvalue weighted by Gasteiger charge is -2.37. The van der Waals surface area contributed by atoms with Crippen LogP contribution < -0.4 is 5.32 Å². The van der Waals surface area contributed by atoms with Gasteiger partial charge in [0.25, 0.3) is 0 Å². The molecule has 0 bridgehead atoms. The second-order valence-electron chi connectivity index (χ2n) is 5.59. The van der Waals surface area contributed by atoms with Crippen molar-refractivity contribution in [2.45, 2.75) is 52.2 Å². The SMILES string of the molecule is CCC(CNCC(C)C)N1CCC(OC)CC1. The molecule has 1 fully saturated rings. The number of methoxy groups -OCH3 is 1. The zero-order valence-electron chi connectivity index (χ0n) is 12.0. The number of hydrogen-bond acceptors (Lipinski definition) is 3. The van der Waals surface area contributed by atoms with Crippen LogP contribution in [0.25, 0.3) is 0 Å². The Morgan fingerprint density at radius 2 is 1.88 bits per heavy atom. The molecule has 3 heteroatoms. The van der Waals surface area contributed by atoms with Crippen molar-refractivity contribution in [1.29, 1.82) is 0 Å². The van der Waals surface area contributed by atoms with Crippen LogP contribution in [0.5, 0.6) is 0 Å². The van der Waals surface area contributed by atoms with E-state index in [0.717, 1.165) is 19.0 Å². The van der Waals surface area contributed by atoms with Crippen molar-refractivity contribution in [1.82, 2.24) is 10.2 Å². The van der Waals surface area contributed by atoms with E-state index in [0.29, 0.717) is 12.1 Å². The van der Waals surface area contributed by atoms with E-state index in [-0.39, 0.29) is 0 Å². The van der Waals surface area contributed by atoms with Gasteiger partial charge in [-0.25, -0.2) is 0 Å². The lowest BCUT2D eigenvalue weighted by molar-refractivity contribution is 0.0265. The highest BCUT2D eigenvalue weighted by molar-refractivity contribution is 4.79. The Morgan fingerprint density at radius 3 is 2.35 bits per heavy atom. The molecular weight excluding hydrogens is 212 g/mol. The van der Waals surface area contributed by atoms with E-state index in [4.69, 9.17) is 4.74 Å². The maximum absolute atomic E-state index is 5.42. The molecule has 102 valence electrons. The number of piperidine rings is 1. The molecule has 1 heterocycles. The van der Waals surface area contributed by atoms with Crippen LogP contribution in [0.4, 0.5) is 0 Å². The largest absolute Gasteiger partial charge is 0.381 e. The van der Waals surface area contributed by atoms with Crippen LogP contribution in [0.1, 0.15) is 40.0 Å². The summed E-state index contributed by atoms with van der Waals surface area (Å²) in [5.41, 5.74) is 0. The minimum Gasteiger partial charge on any atom is -0.381 e. The number of nitrogens with one attached hydrogen (secondary N) is 1. The van der Waals surface area contributed by atoms with Crippen molar-refractivity contribution in [3.8, 4) is 0 Å². The number of nitrogens with zero attached hydrogens (tertiary/aromatic N) is 1. The Bertz CT molecular complexity index is 189. The zero-order chi connectivity index (χ0) is 12.7. The third-order valence-electron chi connectivity index (χ3n) is 3.73. The van der Waals surface area contributed by atoms with Gasteiger partial charge >= 0.3 is 0 Å².